The Morgan fingerprint density at radius 3 is 2.48 bits per heavy atom. The van der Waals surface area contributed by atoms with Crippen molar-refractivity contribution < 1.29 is 9.90 Å². The molecule has 0 aromatic heterocycles. The van der Waals surface area contributed by atoms with Crippen LogP contribution in [0.25, 0.3) is 0 Å². The zero-order chi connectivity index (χ0) is 16.2. The number of rotatable bonds is 8. The normalized spacial score (nSPS) is 12.0. The Bertz CT molecular complexity index is 468. The van der Waals surface area contributed by atoms with Gasteiger partial charge in [0.05, 0.1) is 13.2 Å². The van der Waals surface area contributed by atoms with Crippen LogP contribution in [0.3, 0.4) is 0 Å². The average Bonchev–Trinajstić information content (AvgIpc) is 2.57. The van der Waals surface area contributed by atoms with Gasteiger partial charge in [-0.3, -0.25) is 9.79 Å². The van der Waals surface area contributed by atoms with E-state index in [2.05, 4.69) is 20.9 Å². The number of hydrogen-bond donors (Lipinski definition) is 4. The summed E-state index contributed by atoms with van der Waals surface area (Å²) in [6.07, 6.45) is 0.911. The van der Waals surface area contributed by atoms with Crippen LogP contribution in [0.4, 0.5) is 0 Å². The summed E-state index contributed by atoms with van der Waals surface area (Å²) in [4.78, 5) is 15.6. The van der Waals surface area contributed by atoms with E-state index in [4.69, 9.17) is 0 Å². The molecule has 23 heavy (non-hydrogen) atoms. The molecule has 1 rings (SSSR count). The van der Waals surface area contributed by atoms with Gasteiger partial charge in [-0.2, -0.15) is 0 Å². The Morgan fingerprint density at radius 2 is 1.91 bits per heavy atom. The molecule has 0 aliphatic rings. The molecule has 0 aliphatic heterocycles. The third-order valence-corrected chi connectivity index (χ3v) is 3.22. The van der Waals surface area contributed by atoms with E-state index < -0.39 is 0 Å². The van der Waals surface area contributed by atoms with Crippen molar-refractivity contribution in [2.45, 2.75) is 19.3 Å². The molecule has 130 valence electrons. The number of guanidine groups is 1. The number of carbonyl (C=O) groups excluding carboxylic acids is 1. The zero-order valence-corrected chi connectivity index (χ0v) is 16.0. The summed E-state index contributed by atoms with van der Waals surface area (Å²) in [6.45, 7) is 3.44. The lowest BCUT2D eigenvalue weighted by Crippen LogP contribution is -2.44. The third kappa shape index (κ3) is 8.75. The van der Waals surface area contributed by atoms with E-state index >= 15 is 0 Å². The van der Waals surface area contributed by atoms with E-state index in [1.54, 1.807) is 7.05 Å². The maximum atomic E-state index is 11.5. The van der Waals surface area contributed by atoms with Gasteiger partial charge in [-0.05, 0) is 12.0 Å². The van der Waals surface area contributed by atoms with Gasteiger partial charge in [0.25, 0.3) is 0 Å². The maximum Gasteiger partial charge on any atom is 0.239 e. The van der Waals surface area contributed by atoms with Crippen molar-refractivity contribution in [1.29, 1.82) is 0 Å². The monoisotopic (exact) mass is 434 g/mol. The number of nitrogens with zero attached hydrogens (tertiary/aromatic N) is 1. The zero-order valence-electron chi connectivity index (χ0n) is 13.7. The van der Waals surface area contributed by atoms with E-state index in [0.717, 1.165) is 12.0 Å². The van der Waals surface area contributed by atoms with Crippen molar-refractivity contribution in [3.8, 4) is 0 Å². The molecule has 0 radical (unpaired) electrons. The molecular weight excluding hydrogens is 407 g/mol. The minimum Gasteiger partial charge on any atom is -0.396 e. The van der Waals surface area contributed by atoms with Gasteiger partial charge >= 0.3 is 0 Å². The van der Waals surface area contributed by atoms with Gasteiger partial charge in [0.2, 0.25) is 5.91 Å². The lowest BCUT2D eigenvalue weighted by molar-refractivity contribution is -0.120. The fourth-order valence-electron chi connectivity index (χ4n) is 1.94. The SMILES string of the molecule is CCCNC(=O)CNC(=NC)NCC(CO)c1ccccc1.I. The standard InChI is InChI=1S/C16H26N4O2.HI/c1-3-9-18-15(22)11-20-16(17-2)19-10-14(12-21)13-7-5-4-6-8-13;/h4-8,14,21H,3,9-12H2,1-2H3,(H,18,22)(H2,17,19,20);1H. The van der Waals surface area contributed by atoms with E-state index in [9.17, 15) is 9.90 Å². The fourth-order valence-corrected chi connectivity index (χ4v) is 1.94. The van der Waals surface area contributed by atoms with Crippen LogP contribution in [0.1, 0.15) is 24.8 Å². The number of aliphatic hydroxyl groups excluding tert-OH is 1. The van der Waals surface area contributed by atoms with Crippen molar-refractivity contribution in [2.75, 3.05) is 33.3 Å². The number of benzene rings is 1. The van der Waals surface area contributed by atoms with Gasteiger partial charge in [0, 0.05) is 26.1 Å². The van der Waals surface area contributed by atoms with Crippen LogP contribution in [0.15, 0.2) is 35.3 Å². The largest absolute Gasteiger partial charge is 0.396 e. The first-order valence-corrected chi connectivity index (χ1v) is 7.58. The molecule has 0 saturated heterocycles. The van der Waals surface area contributed by atoms with Gasteiger partial charge in [-0.1, -0.05) is 37.3 Å². The number of carbonyl (C=O) groups is 1. The van der Waals surface area contributed by atoms with Crippen molar-refractivity contribution in [3.05, 3.63) is 35.9 Å². The first-order valence-electron chi connectivity index (χ1n) is 7.58. The second-order valence-electron chi connectivity index (χ2n) is 4.95. The van der Waals surface area contributed by atoms with Crippen LogP contribution >= 0.6 is 24.0 Å². The molecule has 0 aliphatic carbocycles. The summed E-state index contributed by atoms with van der Waals surface area (Å²) in [6, 6.07) is 9.81. The molecule has 1 aromatic rings. The van der Waals surface area contributed by atoms with Gasteiger partial charge < -0.3 is 21.1 Å². The first-order chi connectivity index (χ1) is 10.7. The highest BCUT2D eigenvalue weighted by atomic mass is 127. The number of aliphatic imine (C=N–C) groups is 1. The van der Waals surface area contributed by atoms with Crippen molar-refractivity contribution in [2.24, 2.45) is 4.99 Å². The molecule has 0 fully saturated rings. The Hall–Kier alpha value is -1.35. The van der Waals surface area contributed by atoms with Crippen molar-refractivity contribution >= 4 is 35.8 Å². The Kier molecular flexibility index (Phi) is 12.4. The molecule has 6 nitrogen and oxygen atoms in total. The number of amides is 1. The van der Waals surface area contributed by atoms with Crippen LogP contribution in [-0.4, -0.2) is 50.3 Å². The Balaban J connectivity index is 0.00000484. The summed E-state index contributed by atoms with van der Waals surface area (Å²) in [7, 11) is 1.65. The summed E-state index contributed by atoms with van der Waals surface area (Å²) in [5.74, 6) is 0.460. The van der Waals surface area contributed by atoms with Gasteiger partial charge in [0.1, 0.15) is 0 Å². The molecule has 0 heterocycles. The van der Waals surface area contributed by atoms with Crippen molar-refractivity contribution in [3.63, 3.8) is 0 Å². The van der Waals surface area contributed by atoms with Crippen LogP contribution < -0.4 is 16.0 Å². The summed E-state index contributed by atoms with van der Waals surface area (Å²) in [5.41, 5.74) is 1.06. The second-order valence-corrected chi connectivity index (χ2v) is 4.95. The smallest absolute Gasteiger partial charge is 0.239 e. The highest BCUT2D eigenvalue weighted by Gasteiger charge is 2.11. The molecule has 0 spiro atoms. The maximum absolute atomic E-state index is 11.5. The Labute approximate surface area is 155 Å². The third-order valence-electron chi connectivity index (χ3n) is 3.22. The van der Waals surface area contributed by atoms with E-state index in [-0.39, 0.29) is 49.0 Å². The molecule has 0 bridgehead atoms. The lowest BCUT2D eigenvalue weighted by Gasteiger charge is -2.18. The number of hydrogen-bond acceptors (Lipinski definition) is 3. The van der Waals surface area contributed by atoms with Crippen LogP contribution in [0.5, 0.6) is 0 Å². The van der Waals surface area contributed by atoms with Crippen LogP contribution in [-0.2, 0) is 4.79 Å². The second kappa shape index (κ2) is 13.1. The quantitative estimate of drug-likeness (QED) is 0.280. The molecule has 0 saturated carbocycles. The number of aliphatic hydroxyl groups is 1. The number of halogens is 1. The molecule has 1 unspecified atom stereocenters. The van der Waals surface area contributed by atoms with Crippen LogP contribution in [0.2, 0.25) is 0 Å². The molecule has 1 amide bonds. The molecule has 1 aromatic carbocycles. The highest BCUT2D eigenvalue weighted by molar-refractivity contribution is 14.0. The highest BCUT2D eigenvalue weighted by Crippen LogP contribution is 2.13. The minimum atomic E-state index is -0.0634. The topological polar surface area (TPSA) is 85.8 Å². The fraction of sp³-hybridized carbons (Fsp3) is 0.500. The van der Waals surface area contributed by atoms with Gasteiger partial charge in [-0.25, -0.2) is 0 Å². The lowest BCUT2D eigenvalue weighted by atomic mass is 10.0. The average molecular weight is 434 g/mol. The van der Waals surface area contributed by atoms with E-state index in [1.165, 1.54) is 0 Å². The van der Waals surface area contributed by atoms with E-state index in [1.807, 2.05) is 37.3 Å². The van der Waals surface area contributed by atoms with Crippen molar-refractivity contribution in [1.82, 2.24) is 16.0 Å². The molecule has 4 N–H and O–H groups in total. The van der Waals surface area contributed by atoms with Crippen LogP contribution in [0, 0.1) is 0 Å². The number of nitrogens with one attached hydrogen (secondary N) is 3. The summed E-state index contributed by atoms with van der Waals surface area (Å²) in [5, 5.41) is 18.4. The van der Waals surface area contributed by atoms with Gasteiger partial charge in [0.15, 0.2) is 5.96 Å². The minimum absolute atomic E-state index is 0. The molecule has 7 heteroatoms. The predicted molar refractivity (Wildman–Crippen MR) is 104 cm³/mol. The predicted octanol–water partition coefficient (Wildman–Crippen LogP) is 1.07. The summed E-state index contributed by atoms with van der Waals surface area (Å²) < 4.78 is 0. The molecule has 1 atom stereocenters. The Morgan fingerprint density at radius 1 is 1.22 bits per heavy atom. The molecular formula is C16H27IN4O2. The van der Waals surface area contributed by atoms with Gasteiger partial charge in [-0.15, -0.1) is 24.0 Å². The van der Waals surface area contributed by atoms with E-state index in [0.29, 0.717) is 19.0 Å². The first kappa shape index (κ1) is 21.6. The summed E-state index contributed by atoms with van der Waals surface area (Å²) >= 11 is 0.